The van der Waals surface area contributed by atoms with Gasteiger partial charge in [-0.25, -0.2) is 0 Å². The zero-order valence-corrected chi connectivity index (χ0v) is 14.1. The Morgan fingerprint density at radius 1 is 1.32 bits per heavy atom. The van der Waals surface area contributed by atoms with Gasteiger partial charge in [-0.05, 0) is 37.5 Å². The molecule has 3 saturated carbocycles. The Morgan fingerprint density at radius 2 is 1.95 bits per heavy atom. The highest BCUT2D eigenvalue weighted by Gasteiger charge is 2.79. The number of carbonyl (C=O) groups excluding carboxylic acids is 1. The fourth-order valence-corrected chi connectivity index (χ4v) is 4.19. The molecule has 3 fully saturated rings. The lowest BCUT2D eigenvalue weighted by Gasteiger charge is -2.70. The third-order valence-electron chi connectivity index (χ3n) is 4.45. The molecule has 3 nitrogen and oxygen atoms in total. The zero-order chi connectivity index (χ0) is 16.2. The summed E-state index contributed by atoms with van der Waals surface area (Å²) in [4.78, 5) is 12.4. The van der Waals surface area contributed by atoms with Gasteiger partial charge in [0.05, 0.1) is 16.7 Å². The topological polar surface area (TPSA) is 41.1 Å². The molecule has 0 aliphatic heterocycles. The van der Waals surface area contributed by atoms with Gasteiger partial charge in [0.25, 0.3) is 5.91 Å². The van der Waals surface area contributed by atoms with Crippen molar-refractivity contribution in [3.8, 4) is 0 Å². The predicted octanol–water partition coefficient (Wildman–Crippen LogP) is 4.35. The van der Waals surface area contributed by atoms with Gasteiger partial charge in [0.1, 0.15) is 0 Å². The van der Waals surface area contributed by atoms with Crippen molar-refractivity contribution in [2.75, 3.05) is 11.0 Å². The van der Waals surface area contributed by atoms with Crippen LogP contribution in [0.3, 0.4) is 0 Å². The van der Waals surface area contributed by atoms with Crippen LogP contribution < -0.4 is 10.0 Å². The lowest BCUT2D eigenvalue weighted by atomic mass is 9.39. The van der Waals surface area contributed by atoms with Gasteiger partial charge in [0, 0.05) is 16.3 Å². The van der Waals surface area contributed by atoms with Crippen molar-refractivity contribution in [1.82, 2.24) is 5.32 Å². The van der Waals surface area contributed by atoms with Gasteiger partial charge >= 0.3 is 6.18 Å². The third-order valence-corrected chi connectivity index (χ3v) is 5.37. The zero-order valence-electron chi connectivity index (χ0n) is 11.7. The molecule has 22 heavy (non-hydrogen) atoms. The van der Waals surface area contributed by atoms with Crippen molar-refractivity contribution >= 4 is 39.5 Å². The first-order chi connectivity index (χ1) is 10.2. The fourth-order valence-electron chi connectivity index (χ4n) is 3.44. The van der Waals surface area contributed by atoms with Crippen LogP contribution in [0.15, 0.2) is 22.7 Å². The van der Waals surface area contributed by atoms with E-state index in [0.717, 1.165) is 4.47 Å². The van der Waals surface area contributed by atoms with E-state index in [-0.39, 0.29) is 25.2 Å². The minimum absolute atomic E-state index is 0.00292. The number of rotatable bonds is 4. The number of halogens is 4. The van der Waals surface area contributed by atoms with Crippen molar-refractivity contribution in [2.45, 2.75) is 31.0 Å². The van der Waals surface area contributed by atoms with Gasteiger partial charge < -0.3 is 10.0 Å². The maximum atomic E-state index is 12.8. The molecule has 0 atom stereocenters. The molecule has 0 heterocycles. The Morgan fingerprint density at radius 3 is 2.50 bits per heavy atom. The monoisotopic (exact) mass is 394 g/mol. The van der Waals surface area contributed by atoms with E-state index >= 15 is 0 Å². The van der Waals surface area contributed by atoms with Crippen LogP contribution in [0.5, 0.6) is 0 Å². The molecule has 0 aromatic heterocycles. The predicted molar refractivity (Wildman–Crippen MR) is 83.8 cm³/mol. The summed E-state index contributed by atoms with van der Waals surface area (Å²) in [5, 5.41) is 2.79. The standard InChI is InChI=1S/C14H14BrF3N2OS/c1-22-20-10-4-8(15)2-3-9(10)11(21)19-13-5-12(6-13,7-13)14(16,17)18/h2-4,20H,5-7H2,1H3,(H,19,21). The van der Waals surface area contributed by atoms with Crippen LogP contribution in [0.2, 0.25) is 0 Å². The third kappa shape index (κ3) is 2.40. The molecule has 8 heteroatoms. The number of anilines is 1. The van der Waals surface area contributed by atoms with Crippen LogP contribution in [0.4, 0.5) is 18.9 Å². The van der Waals surface area contributed by atoms with Gasteiger partial charge in [-0.2, -0.15) is 13.2 Å². The molecule has 1 aromatic rings. The molecule has 4 rings (SSSR count). The van der Waals surface area contributed by atoms with E-state index in [2.05, 4.69) is 26.0 Å². The molecule has 120 valence electrons. The lowest BCUT2D eigenvalue weighted by Crippen LogP contribution is -2.78. The van der Waals surface area contributed by atoms with Gasteiger partial charge in [-0.15, -0.1) is 0 Å². The number of nitrogens with one attached hydrogen (secondary N) is 2. The van der Waals surface area contributed by atoms with Gasteiger partial charge in [0.2, 0.25) is 0 Å². The average molecular weight is 395 g/mol. The molecule has 3 aliphatic carbocycles. The number of hydrogen-bond acceptors (Lipinski definition) is 3. The van der Waals surface area contributed by atoms with Crippen molar-refractivity contribution in [1.29, 1.82) is 0 Å². The van der Waals surface area contributed by atoms with Crippen LogP contribution in [-0.4, -0.2) is 23.9 Å². The number of alkyl halides is 3. The molecule has 3 aliphatic rings. The van der Waals surface area contributed by atoms with Crippen LogP contribution in [0.25, 0.3) is 0 Å². The summed E-state index contributed by atoms with van der Waals surface area (Å²) >= 11 is 4.68. The summed E-state index contributed by atoms with van der Waals surface area (Å²) in [6.45, 7) is 0. The average Bonchev–Trinajstić information content (AvgIpc) is 2.30. The SMILES string of the molecule is CSNc1cc(Br)ccc1C(=O)NC12CC(C(F)(F)F)(C1)C2. The van der Waals surface area contributed by atoms with Gasteiger partial charge in [-0.1, -0.05) is 27.9 Å². The maximum Gasteiger partial charge on any atom is 0.394 e. The van der Waals surface area contributed by atoms with E-state index in [1.807, 2.05) is 6.26 Å². The number of carbonyl (C=O) groups is 1. The minimum Gasteiger partial charge on any atom is -0.346 e. The maximum absolute atomic E-state index is 12.8. The fraction of sp³-hybridized carbons (Fsp3) is 0.500. The number of hydrogen-bond donors (Lipinski definition) is 2. The van der Waals surface area contributed by atoms with Crippen molar-refractivity contribution in [3.05, 3.63) is 28.2 Å². The first-order valence-electron chi connectivity index (χ1n) is 6.68. The van der Waals surface area contributed by atoms with Crippen LogP contribution >= 0.6 is 27.9 Å². The van der Waals surface area contributed by atoms with E-state index < -0.39 is 17.1 Å². The van der Waals surface area contributed by atoms with Crippen LogP contribution in [-0.2, 0) is 0 Å². The quantitative estimate of drug-likeness (QED) is 0.745. The Bertz CT molecular complexity index is 615. The van der Waals surface area contributed by atoms with Crippen LogP contribution in [0.1, 0.15) is 29.6 Å². The summed E-state index contributed by atoms with van der Waals surface area (Å²) in [6.07, 6.45) is -2.34. The molecule has 1 amide bonds. The summed E-state index contributed by atoms with van der Waals surface area (Å²) < 4.78 is 42.3. The highest BCUT2D eigenvalue weighted by Crippen LogP contribution is 2.73. The molecule has 2 N–H and O–H groups in total. The Balaban J connectivity index is 1.70. The molecule has 0 radical (unpaired) electrons. The van der Waals surface area contributed by atoms with Crippen LogP contribution in [0, 0.1) is 5.41 Å². The molecule has 0 unspecified atom stereocenters. The first-order valence-corrected chi connectivity index (χ1v) is 8.70. The Hall–Kier alpha value is -0.890. The highest BCUT2D eigenvalue weighted by atomic mass is 79.9. The van der Waals surface area contributed by atoms with Crippen molar-refractivity contribution in [3.63, 3.8) is 0 Å². The lowest BCUT2D eigenvalue weighted by molar-refractivity contribution is -0.336. The second-order valence-corrected chi connectivity index (χ2v) is 7.57. The Labute approximate surface area is 138 Å². The van der Waals surface area contributed by atoms with E-state index in [9.17, 15) is 18.0 Å². The summed E-state index contributed by atoms with van der Waals surface area (Å²) in [5.74, 6) is -0.334. The highest BCUT2D eigenvalue weighted by molar-refractivity contribution is 9.10. The second kappa shape index (κ2) is 5.06. The van der Waals surface area contributed by atoms with E-state index in [1.165, 1.54) is 11.9 Å². The molecule has 0 spiro atoms. The summed E-state index contributed by atoms with van der Waals surface area (Å²) in [7, 11) is 0. The molecule has 2 bridgehead atoms. The van der Waals surface area contributed by atoms with Gasteiger partial charge in [0.15, 0.2) is 0 Å². The van der Waals surface area contributed by atoms with E-state index in [1.54, 1.807) is 18.2 Å². The Kier molecular flexibility index (Phi) is 3.67. The molecule has 1 aromatic carbocycles. The largest absolute Gasteiger partial charge is 0.394 e. The van der Waals surface area contributed by atoms with E-state index in [4.69, 9.17) is 0 Å². The number of amides is 1. The first kappa shape index (κ1) is 16.0. The molecular weight excluding hydrogens is 381 g/mol. The molecular formula is C14H14BrF3N2OS. The molecule has 0 saturated heterocycles. The smallest absolute Gasteiger partial charge is 0.346 e. The normalized spacial score (nSPS) is 29.3. The minimum atomic E-state index is -4.16. The second-order valence-electron chi connectivity index (χ2n) is 6.04. The summed E-state index contributed by atoms with van der Waals surface area (Å²) in [5.41, 5.74) is -1.16. The van der Waals surface area contributed by atoms with E-state index in [0.29, 0.717) is 11.3 Å². The summed E-state index contributed by atoms with van der Waals surface area (Å²) in [6, 6.07) is 5.16. The van der Waals surface area contributed by atoms with Crippen molar-refractivity contribution in [2.24, 2.45) is 5.41 Å². The number of benzene rings is 1. The van der Waals surface area contributed by atoms with Gasteiger partial charge in [-0.3, -0.25) is 4.79 Å². The van der Waals surface area contributed by atoms with Crippen molar-refractivity contribution < 1.29 is 18.0 Å².